The summed E-state index contributed by atoms with van der Waals surface area (Å²) < 4.78 is 11.7. The molecule has 6 nitrogen and oxygen atoms in total. The van der Waals surface area contributed by atoms with Crippen LogP contribution >= 0.6 is 0 Å². The van der Waals surface area contributed by atoms with Crippen molar-refractivity contribution in [1.82, 2.24) is 0 Å². The largest absolute Gasteiger partial charge is 0.466 e. The van der Waals surface area contributed by atoms with E-state index in [4.69, 9.17) is 9.47 Å². The number of carbonyl (C=O) groups is 2. The van der Waals surface area contributed by atoms with Crippen LogP contribution in [0.25, 0.3) is 0 Å². The van der Waals surface area contributed by atoms with Crippen molar-refractivity contribution in [3.63, 3.8) is 0 Å². The molecule has 1 amide bonds. The number of methoxy groups -OCH3 is 1. The molecule has 6 heteroatoms. The number of hydrogen-bond acceptors (Lipinski definition) is 5. The van der Waals surface area contributed by atoms with Crippen LogP contribution in [0.5, 0.6) is 0 Å². The maximum absolute atomic E-state index is 13.6. The highest BCUT2D eigenvalue weighted by Crippen LogP contribution is 2.47. The van der Waals surface area contributed by atoms with Gasteiger partial charge >= 0.3 is 5.97 Å². The summed E-state index contributed by atoms with van der Waals surface area (Å²) in [4.78, 5) is 26.8. The van der Waals surface area contributed by atoms with Crippen LogP contribution in [0.2, 0.25) is 0 Å². The predicted molar refractivity (Wildman–Crippen MR) is 140 cm³/mol. The van der Waals surface area contributed by atoms with E-state index in [1.54, 1.807) is 0 Å². The van der Waals surface area contributed by atoms with E-state index >= 15 is 0 Å². The normalized spacial score (nSPS) is 20.8. The number of nitrogens with one attached hydrogen (secondary N) is 2. The number of aryl methyl sites for hydroxylation is 1. The number of ether oxygens (including phenoxy) is 2. The summed E-state index contributed by atoms with van der Waals surface area (Å²) in [5.74, 6) is -0.955. The first-order chi connectivity index (χ1) is 17.5. The topological polar surface area (TPSA) is 76.7 Å². The second kappa shape index (κ2) is 9.84. The summed E-state index contributed by atoms with van der Waals surface area (Å²) in [6, 6.07) is 26.9. The smallest absolute Gasteiger partial charge is 0.337 e. The maximum Gasteiger partial charge on any atom is 0.337 e. The highest BCUT2D eigenvalue weighted by molar-refractivity contribution is 6.12. The molecule has 2 N–H and O–H groups in total. The van der Waals surface area contributed by atoms with Gasteiger partial charge in [0.15, 0.2) is 0 Å². The van der Waals surface area contributed by atoms with Gasteiger partial charge in [0, 0.05) is 11.4 Å². The van der Waals surface area contributed by atoms with Gasteiger partial charge in [-0.1, -0.05) is 72.8 Å². The van der Waals surface area contributed by atoms with E-state index < -0.39 is 17.7 Å². The van der Waals surface area contributed by atoms with Gasteiger partial charge in [0.1, 0.15) is 11.7 Å². The lowest BCUT2D eigenvalue weighted by Crippen LogP contribution is -2.49. The molecule has 0 saturated heterocycles. The van der Waals surface area contributed by atoms with Crippen LogP contribution in [-0.4, -0.2) is 36.7 Å². The van der Waals surface area contributed by atoms with E-state index in [0.29, 0.717) is 12.1 Å². The van der Waals surface area contributed by atoms with Gasteiger partial charge < -0.3 is 20.1 Å². The average molecular weight is 481 g/mol. The molecule has 182 valence electrons. The van der Waals surface area contributed by atoms with Crippen molar-refractivity contribution in [2.75, 3.05) is 17.7 Å². The number of carbonyl (C=O) groups excluding carboxylic acids is 2. The van der Waals surface area contributed by atoms with Gasteiger partial charge in [-0.05, 0) is 48.7 Å². The quantitative estimate of drug-likeness (QED) is 0.357. The fourth-order valence-electron chi connectivity index (χ4n) is 4.95. The van der Waals surface area contributed by atoms with E-state index in [1.165, 1.54) is 7.11 Å². The van der Waals surface area contributed by atoms with Crippen molar-refractivity contribution in [3.8, 4) is 0 Å². The van der Waals surface area contributed by atoms with Gasteiger partial charge in [0.05, 0.1) is 24.3 Å². The molecule has 2 bridgehead atoms. The van der Waals surface area contributed by atoms with Gasteiger partial charge in [0.2, 0.25) is 0 Å². The predicted octanol–water partition coefficient (Wildman–Crippen LogP) is 4.83. The van der Waals surface area contributed by atoms with Crippen LogP contribution < -0.4 is 10.6 Å². The SMILES string of the molecule is COC(=O)C1=C(C(=O)Nc2ccccc2C)C2C=CC1(C(Cc1ccccc1)Nc1ccccc1)O2. The summed E-state index contributed by atoms with van der Waals surface area (Å²) in [7, 11) is 1.33. The molecule has 3 aromatic rings. The van der Waals surface area contributed by atoms with E-state index in [0.717, 1.165) is 16.8 Å². The molecule has 3 aromatic carbocycles. The van der Waals surface area contributed by atoms with Crippen LogP contribution in [0, 0.1) is 6.92 Å². The first kappa shape index (κ1) is 23.6. The zero-order chi connectivity index (χ0) is 25.1. The van der Waals surface area contributed by atoms with Crippen molar-refractivity contribution < 1.29 is 19.1 Å². The minimum absolute atomic E-state index is 0.230. The minimum Gasteiger partial charge on any atom is -0.466 e. The molecule has 36 heavy (non-hydrogen) atoms. The fraction of sp³-hybridized carbons (Fsp3) is 0.200. The lowest BCUT2D eigenvalue weighted by atomic mass is 9.78. The monoisotopic (exact) mass is 480 g/mol. The Bertz CT molecular complexity index is 1290. The highest BCUT2D eigenvalue weighted by atomic mass is 16.5. The first-order valence-corrected chi connectivity index (χ1v) is 11.9. The molecule has 0 fully saturated rings. The Morgan fingerprint density at radius 3 is 2.33 bits per heavy atom. The molecule has 2 aliphatic rings. The lowest BCUT2D eigenvalue weighted by Gasteiger charge is -2.36. The number of rotatable bonds is 8. The number of hydrogen-bond donors (Lipinski definition) is 2. The Hall–Kier alpha value is -4.16. The molecule has 2 heterocycles. The van der Waals surface area contributed by atoms with Gasteiger partial charge in [-0.2, -0.15) is 0 Å². The molecule has 3 atom stereocenters. The third kappa shape index (κ3) is 4.32. The zero-order valence-electron chi connectivity index (χ0n) is 20.2. The van der Waals surface area contributed by atoms with E-state index in [-0.39, 0.29) is 23.1 Å². The molecule has 0 spiro atoms. The van der Waals surface area contributed by atoms with Crippen LogP contribution in [0.15, 0.2) is 108 Å². The summed E-state index contributed by atoms with van der Waals surface area (Å²) in [5.41, 5.74) is 2.89. The van der Waals surface area contributed by atoms with Gasteiger partial charge in [-0.15, -0.1) is 0 Å². The molecule has 0 aliphatic carbocycles. The second-order valence-electron chi connectivity index (χ2n) is 8.99. The molecule has 5 rings (SSSR count). The average Bonchev–Trinajstić information content (AvgIpc) is 3.49. The van der Waals surface area contributed by atoms with Crippen molar-refractivity contribution in [1.29, 1.82) is 0 Å². The van der Waals surface area contributed by atoms with Crippen LogP contribution in [-0.2, 0) is 25.5 Å². The second-order valence-corrected chi connectivity index (χ2v) is 8.99. The van der Waals surface area contributed by atoms with Crippen molar-refractivity contribution >= 4 is 23.3 Å². The van der Waals surface area contributed by atoms with Crippen molar-refractivity contribution in [2.45, 2.75) is 31.1 Å². The Kier molecular flexibility index (Phi) is 6.44. The van der Waals surface area contributed by atoms with Crippen LogP contribution in [0.3, 0.4) is 0 Å². The Morgan fingerprint density at radius 1 is 0.972 bits per heavy atom. The Morgan fingerprint density at radius 2 is 1.64 bits per heavy atom. The fourth-order valence-corrected chi connectivity index (χ4v) is 4.95. The number of anilines is 2. The molecular weight excluding hydrogens is 452 g/mol. The Labute approximate surface area is 210 Å². The molecule has 2 aliphatic heterocycles. The van der Waals surface area contributed by atoms with Crippen LogP contribution in [0.1, 0.15) is 11.1 Å². The van der Waals surface area contributed by atoms with E-state index in [1.807, 2.05) is 104 Å². The van der Waals surface area contributed by atoms with Crippen molar-refractivity contribution in [2.24, 2.45) is 0 Å². The zero-order valence-corrected chi connectivity index (χ0v) is 20.2. The van der Waals surface area contributed by atoms with E-state index in [2.05, 4.69) is 10.6 Å². The van der Waals surface area contributed by atoms with Gasteiger partial charge in [-0.3, -0.25) is 4.79 Å². The molecule has 0 aromatic heterocycles. The minimum atomic E-state index is -1.18. The summed E-state index contributed by atoms with van der Waals surface area (Å²) in [6.45, 7) is 1.92. The van der Waals surface area contributed by atoms with Crippen LogP contribution in [0.4, 0.5) is 11.4 Å². The highest BCUT2D eigenvalue weighted by Gasteiger charge is 2.58. The van der Waals surface area contributed by atoms with Gasteiger partial charge in [0.25, 0.3) is 5.91 Å². The third-order valence-electron chi connectivity index (χ3n) is 6.73. The van der Waals surface area contributed by atoms with Gasteiger partial charge in [-0.25, -0.2) is 4.79 Å². The molecule has 0 saturated carbocycles. The molecular formula is C30H28N2O4. The molecule has 0 radical (unpaired) electrons. The number of benzene rings is 3. The summed E-state index contributed by atoms with van der Waals surface area (Å²) in [5, 5.41) is 6.53. The lowest BCUT2D eigenvalue weighted by molar-refractivity contribution is -0.138. The van der Waals surface area contributed by atoms with Crippen molar-refractivity contribution in [3.05, 3.63) is 119 Å². The number of fused-ring (bicyclic) bond motifs is 2. The first-order valence-electron chi connectivity index (χ1n) is 11.9. The standard InChI is InChI=1S/C30H28N2O4/c1-20-11-9-10-16-23(20)32-28(33)26-24-17-18-30(36-24,27(26)29(34)35-2)25(19-21-12-5-3-6-13-21)31-22-14-7-4-8-15-22/h3-18,24-25,31H,19H2,1-2H3,(H,32,33). The third-order valence-corrected chi connectivity index (χ3v) is 6.73. The summed E-state index contributed by atoms with van der Waals surface area (Å²) in [6.07, 6.45) is 3.64. The summed E-state index contributed by atoms with van der Waals surface area (Å²) >= 11 is 0. The maximum atomic E-state index is 13.6. The molecule has 3 unspecified atom stereocenters. The number of amides is 1. The Balaban J connectivity index is 1.58. The number of para-hydroxylation sites is 2. The number of esters is 1. The van der Waals surface area contributed by atoms with E-state index in [9.17, 15) is 9.59 Å².